The standard InChI is InChI=1S/C21H30N2O3/c1-4-19(24)21(20-11-12-22-26-20)17-8-5-15(2)23(14-17)13-16-6-9-18(25-3)10-7-16/h6-7,9-12,15,17,19,21,24H,4-5,8,13-14H2,1-3H3. The zero-order valence-electron chi connectivity index (χ0n) is 16.0. The highest BCUT2D eigenvalue weighted by atomic mass is 16.5. The number of ether oxygens (including phenoxy) is 1. The number of aromatic nitrogens is 1. The Balaban J connectivity index is 1.73. The smallest absolute Gasteiger partial charge is 0.142 e. The lowest BCUT2D eigenvalue weighted by atomic mass is 9.78. The van der Waals surface area contributed by atoms with E-state index in [0.29, 0.717) is 12.0 Å². The lowest BCUT2D eigenvalue weighted by molar-refractivity contribution is 0.0398. The van der Waals surface area contributed by atoms with Crippen molar-refractivity contribution in [2.45, 2.75) is 57.7 Å². The van der Waals surface area contributed by atoms with Crippen molar-refractivity contribution in [1.82, 2.24) is 10.1 Å². The molecule has 0 radical (unpaired) electrons. The third-order valence-corrected chi connectivity index (χ3v) is 5.72. The number of benzene rings is 1. The number of likely N-dealkylation sites (tertiary alicyclic amines) is 1. The Kier molecular flexibility index (Phi) is 6.33. The van der Waals surface area contributed by atoms with Gasteiger partial charge in [-0.2, -0.15) is 0 Å². The van der Waals surface area contributed by atoms with Crippen LogP contribution >= 0.6 is 0 Å². The summed E-state index contributed by atoms with van der Waals surface area (Å²) in [6, 6.07) is 10.7. The molecule has 26 heavy (non-hydrogen) atoms. The second-order valence-corrected chi connectivity index (χ2v) is 7.38. The van der Waals surface area contributed by atoms with Crippen molar-refractivity contribution in [2.24, 2.45) is 5.92 Å². The normalized spacial score (nSPS) is 23.5. The third kappa shape index (κ3) is 4.27. The van der Waals surface area contributed by atoms with Crippen LogP contribution in [0.4, 0.5) is 0 Å². The maximum absolute atomic E-state index is 10.6. The third-order valence-electron chi connectivity index (χ3n) is 5.72. The van der Waals surface area contributed by atoms with Gasteiger partial charge in [0.2, 0.25) is 0 Å². The predicted octanol–water partition coefficient (Wildman–Crippen LogP) is 3.84. The molecule has 0 saturated carbocycles. The van der Waals surface area contributed by atoms with Crippen molar-refractivity contribution in [3.05, 3.63) is 47.9 Å². The van der Waals surface area contributed by atoms with Crippen molar-refractivity contribution < 1.29 is 14.4 Å². The average molecular weight is 358 g/mol. The minimum Gasteiger partial charge on any atom is -0.497 e. The molecular weight excluding hydrogens is 328 g/mol. The molecule has 0 bridgehead atoms. The fourth-order valence-electron chi connectivity index (χ4n) is 4.08. The quantitative estimate of drug-likeness (QED) is 0.815. The minimum atomic E-state index is -0.399. The number of aliphatic hydroxyl groups excluding tert-OH is 1. The second-order valence-electron chi connectivity index (χ2n) is 7.38. The van der Waals surface area contributed by atoms with Gasteiger partial charge in [-0.3, -0.25) is 4.90 Å². The first-order valence-corrected chi connectivity index (χ1v) is 9.58. The number of piperidine rings is 1. The minimum absolute atomic E-state index is 0.00775. The van der Waals surface area contributed by atoms with Gasteiger partial charge in [0.25, 0.3) is 0 Å². The maximum atomic E-state index is 10.6. The number of hydrogen-bond acceptors (Lipinski definition) is 5. The Hall–Kier alpha value is -1.85. The molecule has 1 saturated heterocycles. The monoisotopic (exact) mass is 358 g/mol. The molecule has 2 aromatic rings. The van der Waals surface area contributed by atoms with E-state index >= 15 is 0 Å². The highest BCUT2D eigenvalue weighted by molar-refractivity contribution is 5.27. The molecule has 5 heteroatoms. The Morgan fingerprint density at radius 2 is 2.04 bits per heavy atom. The molecule has 1 fully saturated rings. The van der Waals surface area contributed by atoms with Gasteiger partial charge in [-0.15, -0.1) is 0 Å². The summed E-state index contributed by atoms with van der Waals surface area (Å²) < 4.78 is 10.7. The van der Waals surface area contributed by atoms with Gasteiger partial charge in [0.05, 0.1) is 19.4 Å². The summed E-state index contributed by atoms with van der Waals surface area (Å²) in [5.41, 5.74) is 1.28. The molecule has 1 aromatic heterocycles. The summed E-state index contributed by atoms with van der Waals surface area (Å²) >= 11 is 0. The SMILES string of the molecule is CCC(O)C(c1ccno1)C1CCC(C)N(Cc2ccc(OC)cc2)C1. The molecule has 1 aromatic carbocycles. The van der Waals surface area contributed by atoms with Crippen LogP contribution in [0.25, 0.3) is 0 Å². The lowest BCUT2D eigenvalue weighted by Crippen LogP contribution is -2.44. The first-order valence-electron chi connectivity index (χ1n) is 9.58. The molecule has 1 aliphatic heterocycles. The summed E-state index contributed by atoms with van der Waals surface area (Å²) in [6.07, 6.45) is 4.22. The van der Waals surface area contributed by atoms with Gasteiger partial charge in [0.1, 0.15) is 11.5 Å². The molecule has 0 spiro atoms. The topological polar surface area (TPSA) is 58.7 Å². The zero-order valence-corrected chi connectivity index (χ0v) is 16.0. The van der Waals surface area contributed by atoms with Crippen LogP contribution in [0.1, 0.15) is 50.4 Å². The first-order chi connectivity index (χ1) is 12.6. The molecule has 1 N–H and O–H groups in total. The molecule has 142 valence electrons. The predicted molar refractivity (Wildman–Crippen MR) is 101 cm³/mol. The number of nitrogens with zero attached hydrogens (tertiary/aromatic N) is 2. The first kappa shape index (κ1) is 18.9. The summed E-state index contributed by atoms with van der Waals surface area (Å²) in [4.78, 5) is 2.52. The van der Waals surface area contributed by atoms with E-state index in [1.807, 2.05) is 25.1 Å². The largest absolute Gasteiger partial charge is 0.497 e. The van der Waals surface area contributed by atoms with Crippen LogP contribution < -0.4 is 4.74 Å². The number of hydrogen-bond donors (Lipinski definition) is 1. The summed E-state index contributed by atoms with van der Waals surface area (Å²) in [5.74, 6) is 2.07. The van der Waals surface area contributed by atoms with Crippen LogP contribution in [0, 0.1) is 5.92 Å². The molecular formula is C21H30N2O3. The number of rotatable bonds is 7. The summed E-state index contributed by atoms with van der Waals surface area (Å²) in [7, 11) is 1.69. The Labute approximate surface area is 155 Å². The van der Waals surface area contributed by atoms with E-state index in [1.165, 1.54) is 5.56 Å². The van der Waals surface area contributed by atoms with Crippen LogP contribution in [-0.2, 0) is 6.54 Å². The molecule has 1 aliphatic rings. The fraction of sp³-hybridized carbons (Fsp3) is 0.571. The van der Waals surface area contributed by atoms with E-state index in [-0.39, 0.29) is 5.92 Å². The van der Waals surface area contributed by atoms with E-state index in [4.69, 9.17) is 9.26 Å². The van der Waals surface area contributed by atoms with Crippen LogP contribution in [0.2, 0.25) is 0 Å². The Bertz CT molecular complexity index is 656. The van der Waals surface area contributed by atoms with E-state index in [1.54, 1.807) is 13.3 Å². The molecule has 4 atom stereocenters. The second kappa shape index (κ2) is 8.69. The fourth-order valence-corrected chi connectivity index (χ4v) is 4.08. The summed E-state index contributed by atoms with van der Waals surface area (Å²) in [6.45, 7) is 6.18. The van der Waals surface area contributed by atoms with Crippen molar-refractivity contribution in [2.75, 3.05) is 13.7 Å². The average Bonchev–Trinajstić information content (AvgIpc) is 3.19. The molecule has 3 rings (SSSR count). The Morgan fingerprint density at radius 3 is 2.65 bits per heavy atom. The van der Waals surface area contributed by atoms with Crippen molar-refractivity contribution in [3.63, 3.8) is 0 Å². The highest BCUT2D eigenvalue weighted by Gasteiger charge is 2.36. The van der Waals surface area contributed by atoms with E-state index in [0.717, 1.165) is 43.9 Å². The van der Waals surface area contributed by atoms with Gasteiger partial charge >= 0.3 is 0 Å². The van der Waals surface area contributed by atoms with Gasteiger partial charge in [-0.1, -0.05) is 24.2 Å². The molecule has 2 heterocycles. The van der Waals surface area contributed by atoms with E-state index in [9.17, 15) is 5.11 Å². The zero-order chi connectivity index (χ0) is 18.5. The molecule has 0 amide bonds. The van der Waals surface area contributed by atoms with Crippen molar-refractivity contribution >= 4 is 0 Å². The van der Waals surface area contributed by atoms with Crippen molar-refractivity contribution in [3.8, 4) is 5.75 Å². The van der Waals surface area contributed by atoms with E-state index in [2.05, 4.69) is 29.1 Å². The Morgan fingerprint density at radius 1 is 1.27 bits per heavy atom. The van der Waals surface area contributed by atoms with Gasteiger partial charge in [0.15, 0.2) is 0 Å². The van der Waals surface area contributed by atoms with Crippen LogP contribution in [-0.4, -0.2) is 41.0 Å². The molecule has 4 unspecified atom stereocenters. The van der Waals surface area contributed by atoms with Gasteiger partial charge in [0, 0.05) is 31.1 Å². The van der Waals surface area contributed by atoms with Crippen molar-refractivity contribution in [1.29, 1.82) is 0 Å². The highest BCUT2D eigenvalue weighted by Crippen LogP contribution is 2.37. The van der Waals surface area contributed by atoms with E-state index < -0.39 is 6.10 Å². The maximum Gasteiger partial charge on any atom is 0.142 e. The van der Waals surface area contributed by atoms with Crippen LogP contribution in [0.3, 0.4) is 0 Å². The van der Waals surface area contributed by atoms with Crippen LogP contribution in [0.15, 0.2) is 41.1 Å². The lowest BCUT2D eigenvalue weighted by Gasteiger charge is -2.41. The van der Waals surface area contributed by atoms with Gasteiger partial charge in [-0.25, -0.2) is 0 Å². The number of methoxy groups -OCH3 is 1. The van der Waals surface area contributed by atoms with Crippen LogP contribution in [0.5, 0.6) is 5.75 Å². The van der Waals surface area contributed by atoms with Gasteiger partial charge < -0.3 is 14.4 Å². The van der Waals surface area contributed by atoms with Gasteiger partial charge in [-0.05, 0) is 49.8 Å². The summed E-state index contributed by atoms with van der Waals surface area (Å²) in [5, 5.41) is 14.5. The molecule has 0 aliphatic carbocycles. The molecule has 5 nitrogen and oxygen atoms in total. The number of aliphatic hydroxyl groups is 1.